The Labute approximate surface area is 91.3 Å². The molecular formula is C10H13F3N2O. The molecule has 1 aromatic rings. The number of hydrogen-bond acceptors (Lipinski definition) is 3. The lowest BCUT2D eigenvalue weighted by molar-refractivity contribution is -0.201. The molecule has 0 aliphatic heterocycles. The van der Waals surface area contributed by atoms with E-state index < -0.39 is 18.8 Å². The summed E-state index contributed by atoms with van der Waals surface area (Å²) in [6, 6.07) is 1.82. The number of aliphatic hydroxyl groups is 1. The first kappa shape index (κ1) is 12.9. The predicted molar refractivity (Wildman–Crippen MR) is 52.7 cm³/mol. The molecule has 3 nitrogen and oxygen atoms in total. The molecule has 1 aromatic heterocycles. The molecule has 0 amide bonds. The second-order valence-electron chi connectivity index (χ2n) is 3.56. The van der Waals surface area contributed by atoms with Gasteiger partial charge in [-0.1, -0.05) is 6.07 Å². The Bertz CT molecular complexity index is 341. The largest absolute Gasteiger partial charge is 0.415 e. The van der Waals surface area contributed by atoms with Crippen LogP contribution in [-0.4, -0.2) is 28.9 Å². The molecule has 0 saturated carbocycles. The lowest BCUT2D eigenvalue weighted by Gasteiger charge is -2.14. The summed E-state index contributed by atoms with van der Waals surface area (Å²) >= 11 is 0. The average molecular weight is 234 g/mol. The van der Waals surface area contributed by atoms with Gasteiger partial charge in [-0.25, -0.2) is 0 Å². The van der Waals surface area contributed by atoms with Crippen LogP contribution in [0.5, 0.6) is 0 Å². The van der Waals surface area contributed by atoms with Gasteiger partial charge in [0.15, 0.2) is 6.10 Å². The number of pyridine rings is 1. The molecular weight excluding hydrogens is 221 g/mol. The van der Waals surface area contributed by atoms with Crippen molar-refractivity contribution in [3.8, 4) is 0 Å². The number of halogens is 3. The number of hydrogen-bond donors (Lipinski definition) is 2. The van der Waals surface area contributed by atoms with Crippen LogP contribution in [0.3, 0.4) is 0 Å². The highest BCUT2D eigenvalue weighted by molar-refractivity contribution is 5.16. The van der Waals surface area contributed by atoms with Crippen molar-refractivity contribution in [3.05, 3.63) is 29.6 Å². The molecule has 1 unspecified atom stereocenters. The molecule has 0 aliphatic rings. The van der Waals surface area contributed by atoms with Gasteiger partial charge in [-0.15, -0.1) is 0 Å². The lowest BCUT2D eigenvalue weighted by Crippen LogP contribution is -2.38. The van der Waals surface area contributed by atoms with Crippen LogP contribution in [0, 0.1) is 6.92 Å². The van der Waals surface area contributed by atoms with E-state index in [1.54, 1.807) is 12.4 Å². The van der Waals surface area contributed by atoms with Gasteiger partial charge in [-0.05, 0) is 18.1 Å². The summed E-state index contributed by atoms with van der Waals surface area (Å²) in [4.78, 5) is 3.91. The van der Waals surface area contributed by atoms with Crippen LogP contribution in [0.25, 0.3) is 0 Å². The van der Waals surface area contributed by atoms with Crippen LogP contribution < -0.4 is 5.32 Å². The standard InChI is InChI=1S/C10H13F3N2O/c1-7-2-8(4-14-3-7)5-15-6-9(16)10(11,12)13/h2-4,9,15-16H,5-6H2,1H3. The Morgan fingerprint density at radius 1 is 1.44 bits per heavy atom. The number of alkyl halides is 3. The fraction of sp³-hybridized carbons (Fsp3) is 0.500. The molecule has 0 spiro atoms. The van der Waals surface area contributed by atoms with Crippen molar-refractivity contribution < 1.29 is 18.3 Å². The van der Waals surface area contributed by atoms with Crippen LogP contribution in [0.4, 0.5) is 13.2 Å². The monoisotopic (exact) mass is 234 g/mol. The van der Waals surface area contributed by atoms with Gasteiger partial charge >= 0.3 is 6.18 Å². The summed E-state index contributed by atoms with van der Waals surface area (Å²) < 4.78 is 35.8. The Morgan fingerprint density at radius 2 is 2.12 bits per heavy atom. The average Bonchev–Trinajstić information content (AvgIpc) is 2.16. The van der Waals surface area contributed by atoms with E-state index in [4.69, 9.17) is 5.11 Å². The van der Waals surface area contributed by atoms with Crippen molar-refractivity contribution in [2.45, 2.75) is 25.7 Å². The van der Waals surface area contributed by atoms with Gasteiger partial charge in [0.1, 0.15) is 0 Å². The first-order valence-electron chi connectivity index (χ1n) is 4.75. The third-order valence-electron chi connectivity index (χ3n) is 1.98. The van der Waals surface area contributed by atoms with Crippen LogP contribution in [0.1, 0.15) is 11.1 Å². The van der Waals surface area contributed by atoms with E-state index in [2.05, 4.69) is 10.3 Å². The van der Waals surface area contributed by atoms with E-state index in [1.807, 2.05) is 13.0 Å². The molecule has 0 aliphatic carbocycles. The molecule has 0 aromatic carbocycles. The van der Waals surface area contributed by atoms with E-state index in [0.29, 0.717) is 0 Å². The maximum absolute atomic E-state index is 11.9. The number of rotatable bonds is 4. The van der Waals surface area contributed by atoms with Crippen molar-refractivity contribution in [1.82, 2.24) is 10.3 Å². The van der Waals surface area contributed by atoms with Crippen LogP contribution in [0.15, 0.2) is 18.5 Å². The lowest BCUT2D eigenvalue weighted by atomic mass is 10.2. The third-order valence-corrected chi connectivity index (χ3v) is 1.98. The van der Waals surface area contributed by atoms with Gasteiger partial charge in [0.05, 0.1) is 0 Å². The summed E-state index contributed by atoms with van der Waals surface area (Å²) in [5.41, 5.74) is 1.73. The zero-order valence-electron chi connectivity index (χ0n) is 8.75. The smallest absolute Gasteiger partial charge is 0.382 e. The maximum atomic E-state index is 11.9. The second kappa shape index (κ2) is 5.27. The summed E-state index contributed by atoms with van der Waals surface area (Å²) in [5, 5.41) is 11.2. The Hall–Kier alpha value is -1.14. The number of aromatic nitrogens is 1. The highest BCUT2D eigenvalue weighted by atomic mass is 19.4. The zero-order valence-corrected chi connectivity index (χ0v) is 8.75. The minimum Gasteiger partial charge on any atom is -0.382 e. The van der Waals surface area contributed by atoms with Crippen molar-refractivity contribution in [2.24, 2.45) is 0 Å². The number of nitrogens with one attached hydrogen (secondary N) is 1. The van der Waals surface area contributed by atoms with Gasteiger partial charge in [0.2, 0.25) is 0 Å². The number of aliphatic hydroxyl groups excluding tert-OH is 1. The second-order valence-corrected chi connectivity index (χ2v) is 3.56. The summed E-state index contributed by atoms with van der Waals surface area (Å²) in [6.45, 7) is 1.58. The molecule has 0 fully saturated rings. The van der Waals surface area contributed by atoms with Crippen molar-refractivity contribution in [2.75, 3.05) is 6.54 Å². The quantitative estimate of drug-likeness (QED) is 0.827. The van der Waals surface area contributed by atoms with Gasteiger partial charge in [0, 0.05) is 25.5 Å². The molecule has 90 valence electrons. The molecule has 0 bridgehead atoms. The number of nitrogens with zero attached hydrogens (tertiary/aromatic N) is 1. The van der Waals surface area contributed by atoms with Crippen LogP contribution >= 0.6 is 0 Å². The normalized spacial score (nSPS) is 13.8. The van der Waals surface area contributed by atoms with Crippen molar-refractivity contribution in [1.29, 1.82) is 0 Å². The van der Waals surface area contributed by atoms with Gasteiger partial charge < -0.3 is 10.4 Å². The van der Waals surface area contributed by atoms with Crippen molar-refractivity contribution in [3.63, 3.8) is 0 Å². The Kier molecular flexibility index (Phi) is 4.26. The molecule has 6 heteroatoms. The topological polar surface area (TPSA) is 45.2 Å². The van der Waals surface area contributed by atoms with E-state index >= 15 is 0 Å². The molecule has 0 radical (unpaired) electrons. The van der Waals surface area contributed by atoms with E-state index in [-0.39, 0.29) is 6.54 Å². The molecule has 1 atom stereocenters. The summed E-state index contributed by atoms with van der Waals surface area (Å²) in [7, 11) is 0. The van der Waals surface area contributed by atoms with Gasteiger partial charge in [-0.3, -0.25) is 4.98 Å². The fourth-order valence-electron chi connectivity index (χ4n) is 1.18. The Balaban J connectivity index is 2.36. The molecule has 2 N–H and O–H groups in total. The number of aryl methyl sites for hydroxylation is 1. The summed E-state index contributed by atoms with van der Waals surface area (Å²) in [6.07, 6.45) is -3.67. The van der Waals surface area contributed by atoms with Gasteiger partial charge in [-0.2, -0.15) is 13.2 Å². The van der Waals surface area contributed by atoms with E-state index in [0.717, 1.165) is 11.1 Å². The molecule has 16 heavy (non-hydrogen) atoms. The maximum Gasteiger partial charge on any atom is 0.415 e. The minimum atomic E-state index is -4.57. The third kappa shape index (κ3) is 4.16. The first-order valence-corrected chi connectivity index (χ1v) is 4.75. The molecule has 1 rings (SSSR count). The Morgan fingerprint density at radius 3 is 2.69 bits per heavy atom. The summed E-state index contributed by atoms with van der Waals surface area (Å²) in [5.74, 6) is 0. The van der Waals surface area contributed by atoms with Crippen LogP contribution in [0.2, 0.25) is 0 Å². The first-order chi connectivity index (χ1) is 7.39. The predicted octanol–water partition coefficient (Wildman–Crippen LogP) is 1.40. The SMILES string of the molecule is Cc1cncc(CNCC(O)C(F)(F)F)c1. The van der Waals surface area contributed by atoms with Crippen molar-refractivity contribution >= 4 is 0 Å². The minimum absolute atomic E-state index is 0.252. The highest BCUT2D eigenvalue weighted by Crippen LogP contribution is 2.19. The molecule has 1 heterocycles. The molecule has 0 saturated heterocycles. The highest BCUT2D eigenvalue weighted by Gasteiger charge is 2.37. The van der Waals surface area contributed by atoms with Crippen LogP contribution in [-0.2, 0) is 6.54 Å². The zero-order chi connectivity index (χ0) is 12.2. The van der Waals surface area contributed by atoms with E-state index in [9.17, 15) is 13.2 Å². The fourth-order valence-corrected chi connectivity index (χ4v) is 1.18. The van der Waals surface area contributed by atoms with Gasteiger partial charge in [0.25, 0.3) is 0 Å². The van der Waals surface area contributed by atoms with E-state index in [1.165, 1.54) is 0 Å².